The summed E-state index contributed by atoms with van der Waals surface area (Å²) in [4.78, 5) is 0.296. The van der Waals surface area contributed by atoms with Crippen molar-refractivity contribution >= 4 is 10.0 Å². The molecule has 4 atom stereocenters. The van der Waals surface area contributed by atoms with E-state index in [0.29, 0.717) is 36.0 Å². The van der Waals surface area contributed by atoms with Gasteiger partial charge in [-0.2, -0.15) is 4.31 Å². The molecule has 3 aliphatic rings. The molecule has 0 radical (unpaired) electrons. The summed E-state index contributed by atoms with van der Waals surface area (Å²) in [6.07, 6.45) is 2.02. The van der Waals surface area contributed by atoms with Gasteiger partial charge in [-0.1, -0.05) is 60.2 Å². The first-order chi connectivity index (χ1) is 18.4. The van der Waals surface area contributed by atoms with Gasteiger partial charge >= 0.3 is 0 Å². The van der Waals surface area contributed by atoms with Crippen molar-refractivity contribution in [2.75, 3.05) is 20.4 Å². The standard InChI is InChI=1S/C30H31NO6S/c1-20-8-11-23(12-9-20)38(32,33)31-17-25(22-10-13-27-29(14-22)37-19-36-27)24-15-30(28(34-2)16-26(24)31)35-18-21-6-4-3-5-7-21/h3-15,25-26,28,30H,16-19H2,1-2H3/t25-,26-,28-,30-/m0/s1. The van der Waals surface area contributed by atoms with Gasteiger partial charge in [0.1, 0.15) is 6.10 Å². The van der Waals surface area contributed by atoms with E-state index < -0.39 is 10.0 Å². The quantitative estimate of drug-likeness (QED) is 0.406. The van der Waals surface area contributed by atoms with E-state index in [0.717, 1.165) is 22.3 Å². The van der Waals surface area contributed by atoms with Gasteiger partial charge in [0, 0.05) is 25.6 Å². The molecule has 38 heavy (non-hydrogen) atoms. The second-order valence-corrected chi connectivity index (χ2v) is 11.9. The number of aryl methyl sites for hydroxylation is 1. The third-order valence-electron chi connectivity index (χ3n) is 7.69. The minimum Gasteiger partial charge on any atom is -0.454 e. The van der Waals surface area contributed by atoms with E-state index >= 15 is 0 Å². The summed E-state index contributed by atoms with van der Waals surface area (Å²) in [5.74, 6) is 1.24. The van der Waals surface area contributed by atoms with Gasteiger partial charge in [-0.15, -0.1) is 0 Å². The average Bonchev–Trinajstić information content (AvgIpc) is 3.56. The maximum Gasteiger partial charge on any atom is 0.243 e. The van der Waals surface area contributed by atoms with Crippen molar-refractivity contribution in [3.8, 4) is 11.5 Å². The van der Waals surface area contributed by atoms with Gasteiger partial charge in [-0.3, -0.25) is 0 Å². The predicted octanol–water partition coefficient (Wildman–Crippen LogP) is 4.81. The van der Waals surface area contributed by atoms with Crippen LogP contribution < -0.4 is 9.47 Å². The van der Waals surface area contributed by atoms with Gasteiger partial charge in [0.2, 0.25) is 16.8 Å². The van der Waals surface area contributed by atoms with Crippen LogP contribution >= 0.6 is 0 Å². The Kier molecular flexibility index (Phi) is 6.74. The first kappa shape index (κ1) is 25.1. The number of ether oxygens (including phenoxy) is 4. The zero-order valence-corrected chi connectivity index (χ0v) is 22.3. The molecule has 1 fully saturated rings. The Balaban J connectivity index is 1.38. The highest BCUT2D eigenvalue weighted by Gasteiger charge is 2.48. The van der Waals surface area contributed by atoms with Crippen LogP contribution in [0.2, 0.25) is 0 Å². The Morgan fingerprint density at radius 1 is 0.974 bits per heavy atom. The third-order valence-corrected chi connectivity index (χ3v) is 9.58. The number of methoxy groups -OCH3 is 1. The fourth-order valence-electron chi connectivity index (χ4n) is 5.63. The monoisotopic (exact) mass is 533 g/mol. The van der Waals surface area contributed by atoms with Crippen LogP contribution in [0, 0.1) is 6.92 Å². The minimum absolute atomic E-state index is 0.143. The lowest BCUT2D eigenvalue weighted by atomic mass is 9.83. The molecule has 0 N–H and O–H groups in total. The highest BCUT2D eigenvalue weighted by molar-refractivity contribution is 7.89. The Bertz CT molecular complexity index is 1440. The Hall–Kier alpha value is -3.17. The minimum atomic E-state index is -3.74. The smallest absolute Gasteiger partial charge is 0.243 e. The molecular weight excluding hydrogens is 502 g/mol. The van der Waals surface area contributed by atoms with Crippen molar-refractivity contribution in [2.24, 2.45) is 0 Å². The molecule has 0 aromatic heterocycles. The van der Waals surface area contributed by atoms with Crippen molar-refractivity contribution in [3.63, 3.8) is 0 Å². The highest BCUT2D eigenvalue weighted by atomic mass is 32.2. The Morgan fingerprint density at radius 3 is 2.50 bits per heavy atom. The molecule has 8 heteroatoms. The summed E-state index contributed by atoms with van der Waals surface area (Å²) in [7, 11) is -2.08. The fourth-order valence-corrected chi connectivity index (χ4v) is 7.27. The summed E-state index contributed by atoms with van der Waals surface area (Å²) in [5.41, 5.74) is 4.11. The highest BCUT2D eigenvalue weighted by Crippen LogP contribution is 2.46. The van der Waals surface area contributed by atoms with E-state index in [2.05, 4.69) is 6.08 Å². The Labute approximate surface area is 223 Å². The van der Waals surface area contributed by atoms with E-state index in [9.17, 15) is 8.42 Å². The van der Waals surface area contributed by atoms with E-state index in [1.807, 2.05) is 67.6 Å². The second-order valence-electron chi connectivity index (χ2n) is 10.0. The van der Waals surface area contributed by atoms with Gasteiger partial charge < -0.3 is 18.9 Å². The first-order valence-electron chi connectivity index (χ1n) is 12.8. The van der Waals surface area contributed by atoms with Crippen LogP contribution in [0.25, 0.3) is 0 Å². The summed E-state index contributed by atoms with van der Waals surface area (Å²) < 4.78 is 52.8. The summed E-state index contributed by atoms with van der Waals surface area (Å²) in [6, 6.07) is 22.6. The molecule has 0 bridgehead atoms. The molecule has 0 saturated carbocycles. The van der Waals surface area contributed by atoms with E-state index in [1.165, 1.54) is 0 Å². The van der Waals surface area contributed by atoms with Crippen LogP contribution in [0.5, 0.6) is 11.5 Å². The zero-order valence-electron chi connectivity index (χ0n) is 21.4. The average molecular weight is 534 g/mol. The number of hydrogen-bond donors (Lipinski definition) is 0. The van der Waals surface area contributed by atoms with Gasteiger partial charge in [-0.05, 0) is 54.3 Å². The van der Waals surface area contributed by atoms with E-state index in [4.69, 9.17) is 18.9 Å². The summed E-state index contributed by atoms with van der Waals surface area (Å²) >= 11 is 0. The molecule has 0 amide bonds. The van der Waals surface area contributed by atoms with E-state index in [-0.39, 0.29) is 31.0 Å². The van der Waals surface area contributed by atoms with E-state index in [1.54, 1.807) is 23.5 Å². The molecule has 2 heterocycles. The molecule has 3 aromatic rings. The number of nitrogens with zero attached hydrogens (tertiary/aromatic N) is 1. The third kappa shape index (κ3) is 4.62. The number of sulfonamides is 1. The molecule has 1 aliphatic carbocycles. The molecule has 1 saturated heterocycles. The lowest BCUT2D eigenvalue weighted by Crippen LogP contribution is -2.44. The van der Waals surface area contributed by atoms with Crippen LogP contribution in [-0.2, 0) is 26.1 Å². The first-order valence-corrected chi connectivity index (χ1v) is 14.3. The molecule has 3 aromatic carbocycles. The molecule has 0 spiro atoms. The van der Waals surface area contributed by atoms with Gasteiger partial charge in [0.05, 0.1) is 17.6 Å². The van der Waals surface area contributed by atoms with Gasteiger partial charge in [-0.25, -0.2) is 8.42 Å². The van der Waals surface area contributed by atoms with Crippen molar-refractivity contribution in [1.29, 1.82) is 0 Å². The summed E-state index contributed by atoms with van der Waals surface area (Å²) in [6.45, 7) is 2.91. The Morgan fingerprint density at radius 2 is 1.74 bits per heavy atom. The normalized spacial score (nSPS) is 24.7. The van der Waals surface area contributed by atoms with Crippen LogP contribution in [0.4, 0.5) is 0 Å². The van der Waals surface area contributed by atoms with Gasteiger partial charge in [0.15, 0.2) is 11.5 Å². The molecular formula is C30H31NO6S. The summed E-state index contributed by atoms with van der Waals surface area (Å²) in [5, 5.41) is 0. The van der Waals surface area contributed by atoms with Crippen molar-refractivity contribution in [2.45, 2.75) is 49.0 Å². The number of rotatable bonds is 7. The molecule has 0 unspecified atom stereocenters. The fraction of sp³-hybridized carbons (Fsp3) is 0.333. The van der Waals surface area contributed by atoms with Crippen LogP contribution in [0.3, 0.4) is 0 Å². The number of hydrogen-bond acceptors (Lipinski definition) is 6. The maximum atomic E-state index is 13.9. The molecule has 7 nitrogen and oxygen atoms in total. The van der Waals surface area contributed by atoms with Crippen molar-refractivity contribution in [1.82, 2.24) is 4.31 Å². The largest absolute Gasteiger partial charge is 0.454 e. The van der Waals surface area contributed by atoms with Crippen LogP contribution in [-0.4, -0.2) is 51.4 Å². The number of fused-ring (bicyclic) bond motifs is 2. The van der Waals surface area contributed by atoms with Crippen LogP contribution in [0.1, 0.15) is 29.0 Å². The predicted molar refractivity (Wildman–Crippen MR) is 143 cm³/mol. The SMILES string of the molecule is CO[C@H]1C[C@H]2C(=C[C@@H]1OCc1ccccc1)[C@H](c1ccc3c(c1)OCO3)CN2S(=O)(=O)c1ccc(C)cc1. The lowest BCUT2D eigenvalue weighted by Gasteiger charge is -2.35. The van der Waals surface area contributed by atoms with Gasteiger partial charge in [0.25, 0.3) is 0 Å². The van der Waals surface area contributed by atoms with Crippen molar-refractivity contribution < 1.29 is 27.4 Å². The number of benzene rings is 3. The van der Waals surface area contributed by atoms with Crippen molar-refractivity contribution in [3.05, 3.63) is 101 Å². The molecule has 198 valence electrons. The second kappa shape index (κ2) is 10.2. The molecule has 6 rings (SSSR count). The van der Waals surface area contributed by atoms with Crippen LogP contribution in [0.15, 0.2) is 89.3 Å². The maximum absolute atomic E-state index is 13.9. The zero-order chi connectivity index (χ0) is 26.3. The lowest BCUT2D eigenvalue weighted by molar-refractivity contribution is -0.0519. The topological polar surface area (TPSA) is 74.3 Å². The molecule has 2 aliphatic heterocycles.